The molecule has 0 fully saturated rings. The van der Waals surface area contributed by atoms with Gasteiger partial charge in [-0.05, 0) is 77.4 Å². The maximum atomic E-state index is 6.32. The number of hydrogen-bond donors (Lipinski definition) is 2. The van der Waals surface area contributed by atoms with Crippen molar-refractivity contribution in [2.75, 3.05) is 11.1 Å². The van der Waals surface area contributed by atoms with E-state index in [9.17, 15) is 0 Å². The Morgan fingerprint density at radius 3 is 2.31 bits per heavy atom. The number of hydrogen-bond acceptors (Lipinski definition) is 7. The highest BCUT2D eigenvalue weighted by Crippen LogP contribution is 2.37. The molecular weight excluding hydrogens is 506 g/mol. The lowest BCUT2D eigenvalue weighted by Gasteiger charge is -2.25. The molecule has 0 amide bonds. The van der Waals surface area contributed by atoms with Crippen molar-refractivity contribution in [3.8, 4) is 22.8 Å². The van der Waals surface area contributed by atoms with Gasteiger partial charge in [0.25, 0.3) is 0 Å². The van der Waals surface area contributed by atoms with Crippen molar-refractivity contribution in [1.82, 2.24) is 15.0 Å². The van der Waals surface area contributed by atoms with Crippen LogP contribution in [0.15, 0.2) is 59.2 Å². The van der Waals surface area contributed by atoms with Gasteiger partial charge in [0.15, 0.2) is 0 Å². The summed E-state index contributed by atoms with van der Waals surface area (Å²) in [5, 5.41) is 4.19. The molecule has 3 N–H and O–H groups in total. The minimum atomic E-state index is -0.406. The average Bonchev–Trinajstić information content (AvgIpc) is 2.71. The van der Waals surface area contributed by atoms with E-state index in [0.29, 0.717) is 17.4 Å². The van der Waals surface area contributed by atoms with Crippen LogP contribution in [0.3, 0.4) is 0 Å². The van der Waals surface area contributed by atoms with E-state index in [0.717, 1.165) is 32.2 Å². The van der Waals surface area contributed by atoms with E-state index in [1.165, 1.54) is 0 Å². The van der Waals surface area contributed by atoms with Gasteiger partial charge in [0, 0.05) is 33.4 Å². The number of benzene rings is 2. The van der Waals surface area contributed by atoms with Crippen LogP contribution in [0.4, 0.5) is 17.5 Å². The zero-order valence-electron chi connectivity index (χ0n) is 20.8. The van der Waals surface area contributed by atoms with Crippen LogP contribution in [0.5, 0.6) is 11.6 Å². The number of ether oxygens (including phenoxy) is 2. The van der Waals surface area contributed by atoms with Gasteiger partial charge in [0.1, 0.15) is 22.8 Å². The monoisotopic (exact) mass is 535 g/mol. The van der Waals surface area contributed by atoms with Gasteiger partial charge in [-0.1, -0.05) is 28.1 Å². The second kappa shape index (κ2) is 9.34. The number of fused-ring (bicyclic) bond motifs is 1. The van der Waals surface area contributed by atoms with Crippen LogP contribution in [0.1, 0.15) is 41.5 Å². The quantitative estimate of drug-likeness (QED) is 0.280. The molecule has 0 atom stereocenters. The number of nitrogens with one attached hydrogen (secondary N) is 1. The molecule has 0 radical (unpaired) electrons. The van der Waals surface area contributed by atoms with Gasteiger partial charge in [0.2, 0.25) is 11.8 Å². The van der Waals surface area contributed by atoms with Crippen molar-refractivity contribution in [1.29, 1.82) is 0 Å². The van der Waals surface area contributed by atoms with Crippen LogP contribution in [-0.2, 0) is 0 Å². The number of aromatic nitrogens is 3. The molecule has 0 saturated heterocycles. The Bertz CT molecular complexity index is 1380. The Kier molecular flexibility index (Phi) is 6.60. The van der Waals surface area contributed by atoms with E-state index < -0.39 is 5.60 Å². The summed E-state index contributed by atoms with van der Waals surface area (Å²) in [7, 11) is 0. The topological polar surface area (TPSA) is 95.2 Å². The van der Waals surface area contributed by atoms with E-state index >= 15 is 0 Å². The lowest BCUT2D eigenvalue weighted by atomic mass is 10.0. The average molecular weight is 536 g/mol. The van der Waals surface area contributed by atoms with Crippen LogP contribution in [0.2, 0.25) is 0 Å². The molecule has 4 rings (SSSR count). The number of nitrogens with zero attached hydrogens (tertiary/aromatic N) is 3. The van der Waals surface area contributed by atoms with E-state index in [2.05, 4.69) is 36.2 Å². The first-order chi connectivity index (χ1) is 16.4. The van der Waals surface area contributed by atoms with Crippen LogP contribution in [0.25, 0.3) is 22.0 Å². The zero-order chi connectivity index (χ0) is 25.4. The largest absolute Gasteiger partial charge is 0.487 e. The van der Waals surface area contributed by atoms with Gasteiger partial charge in [-0.25, -0.2) is 9.97 Å². The van der Waals surface area contributed by atoms with E-state index in [1.807, 2.05) is 90.1 Å². The van der Waals surface area contributed by atoms with Gasteiger partial charge in [-0.15, -0.1) is 0 Å². The summed E-state index contributed by atoms with van der Waals surface area (Å²) in [5.74, 6) is 2.01. The molecule has 0 aliphatic carbocycles. The summed E-state index contributed by atoms with van der Waals surface area (Å²) in [6.07, 6.45) is 1.78. The van der Waals surface area contributed by atoms with E-state index in [-0.39, 0.29) is 11.5 Å². The first kappa shape index (κ1) is 24.7. The van der Waals surface area contributed by atoms with Crippen LogP contribution in [0, 0.1) is 0 Å². The Hall–Kier alpha value is -3.39. The van der Waals surface area contributed by atoms with Gasteiger partial charge >= 0.3 is 0 Å². The van der Waals surface area contributed by atoms with Crippen molar-refractivity contribution in [2.45, 2.75) is 52.7 Å². The molecular formula is C27H30BrN5O2. The maximum Gasteiger partial charge on any atom is 0.222 e. The van der Waals surface area contributed by atoms with E-state index in [4.69, 9.17) is 15.2 Å². The zero-order valence-corrected chi connectivity index (χ0v) is 22.4. The third kappa shape index (κ3) is 6.39. The molecule has 0 aliphatic rings. The van der Waals surface area contributed by atoms with E-state index in [1.54, 1.807) is 6.20 Å². The maximum absolute atomic E-state index is 6.32. The van der Waals surface area contributed by atoms with Crippen LogP contribution >= 0.6 is 15.9 Å². The number of pyridine rings is 1. The van der Waals surface area contributed by atoms with Gasteiger partial charge in [0.05, 0.1) is 5.52 Å². The molecule has 8 heteroatoms. The fourth-order valence-corrected chi connectivity index (χ4v) is 3.93. The molecule has 0 spiro atoms. The smallest absolute Gasteiger partial charge is 0.222 e. The lowest BCUT2D eigenvalue weighted by molar-refractivity contribution is 0.117. The molecule has 2 heterocycles. The van der Waals surface area contributed by atoms with Gasteiger partial charge in [-0.3, -0.25) is 0 Å². The predicted octanol–water partition coefficient (Wildman–Crippen LogP) is 7.13. The number of anilines is 3. The van der Waals surface area contributed by atoms with Crippen molar-refractivity contribution < 1.29 is 9.47 Å². The first-order valence-electron chi connectivity index (χ1n) is 11.3. The van der Waals surface area contributed by atoms with Gasteiger partial charge < -0.3 is 20.5 Å². The molecule has 0 bridgehead atoms. The summed E-state index contributed by atoms with van der Waals surface area (Å²) in [6, 6.07) is 15.6. The Balaban J connectivity index is 1.82. The molecule has 2 aromatic carbocycles. The van der Waals surface area contributed by atoms with Crippen LogP contribution in [-0.4, -0.2) is 26.2 Å². The third-order valence-corrected chi connectivity index (χ3v) is 5.27. The molecule has 0 unspecified atom stereocenters. The molecule has 7 nitrogen and oxygen atoms in total. The normalized spacial score (nSPS) is 12.0. The van der Waals surface area contributed by atoms with Crippen LogP contribution < -0.4 is 20.5 Å². The molecule has 4 aromatic rings. The second-order valence-corrected chi connectivity index (χ2v) is 11.2. The first-order valence-corrected chi connectivity index (χ1v) is 12.1. The summed E-state index contributed by atoms with van der Waals surface area (Å²) >= 11 is 3.51. The lowest BCUT2D eigenvalue weighted by Crippen LogP contribution is -2.25. The summed E-state index contributed by atoms with van der Waals surface area (Å²) in [5.41, 5.74) is 8.59. The van der Waals surface area contributed by atoms with Crippen molar-refractivity contribution >= 4 is 44.3 Å². The Morgan fingerprint density at radius 2 is 1.63 bits per heavy atom. The molecule has 182 valence electrons. The van der Waals surface area contributed by atoms with Gasteiger partial charge in [-0.2, -0.15) is 4.98 Å². The minimum Gasteiger partial charge on any atom is -0.487 e. The highest BCUT2D eigenvalue weighted by Gasteiger charge is 2.20. The SMILES string of the molecule is CC(C)(C)Oc1cc(OC(C)(C)C)c(-c2ccc3nc(N)nc(Nc4cccc(Br)c4)c3c2)cn1. The van der Waals surface area contributed by atoms with Crippen molar-refractivity contribution in [2.24, 2.45) is 0 Å². The minimum absolute atomic E-state index is 0.199. The summed E-state index contributed by atoms with van der Waals surface area (Å²) in [6.45, 7) is 12.0. The van der Waals surface area contributed by atoms with Crippen molar-refractivity contribution in [3.63, 3.8) is 0 Å². The Labute approximate surface area is 214 Å². The number of nitrogen functional groups attached to an aromatic ring is 1. The molecule has 0 aliphatic heterocycles. The summed E-state index contributed by atoms with van der Waals surface area (Å²) in [4.78, 5) is 13.4. The standard InChI is InChI=1S/C27H30BrN5O2/c1-26(2,3)34-22-14-23(35-27(4,5)6)30-15-20(22)16-10-11-21-19(12-16)24(33-25(29)32-21)31-18-9-7-8-17(28)13-18/h7-15H,1-6H3,(H3,29,31,32,33). The number of rotatable bonds is 5. The predicted molar refractivity (Wildman–Crippen MR) is 145 cm³/mol. The molecule has 35 heavy (non-hydrogen) atoms. The fourth-order valence-electron chi connectivity index (χ4n) is 3.53. The Morgan fingerprint density at radius 1 is 0.886 bits per heavy atom. The number of nitrogens with two attached hydrogens (primary N) is 1. The number of halogens is 1. The molecule has 2 aromatic heterocycles. The summed E-state index contributed by atoms with van der Waals surface area (Å²) < 4.78 is 13.3. The van der Waals surface area contributed by atoms with Crippen molar-refractivity contribution in [3.05, 3.63) is 59.2 Å². The fraction of sp³-hybridized carbons (Fsp3) is 0.296. The highest BCUT2D eigenvalue weighted by atomic mass is 79.9. The second-order valence-electron chi connectivity index (χ2n) is 10.2. The third-order valence-electron chi connectivity index (χ3n) is 4.78. The highest BCUT2D eigenvalue weighted by molar-refractivity contribution is 9.10. The molecule has 0 saturated carbocycles.